The van der Waals surface area contributed by atoms with E-state index in [1.165, 1.54) is 22.7 Å². The Balaban J connectivity index is 1.61. The normalized spacial score (nSPS) is 18.2. The van der Waals surface area contributed by atoms with E-state index in [4.69, 9.17) is 0 Å². The average Bonchev–Trinajstić information content (AvgIpc) is 2.99. The van der Waals surface area contributed by atoms with Crippen molar-refractivity contribution in [2.45, 2.75) is 49.6 Å². The number of nitrogens with zero attached hydrogens (tertiary/aromatic N) is 2. The zero-order chi connectivity index (χ0) is 20.1. The van der Waals surface area contributed by atoms with Crippen molar-refractivity contribution in [3.63, 3.8) is 0 Å². The van der Waals surface area contributed by atoms with Gasteiger partial charge in [-0.3, -0.25) is 4.79 Å². The molecule has 4 rings (SSSR count). The number of rotatable bonds is 3. The van der Waals surface area contributed by atoms with E-state index < -0.39 is 11.7 Å². The highest BCUT2D eigenvalue weighted by atomic mass is 32.2. The summed E-state index contributed by atoms with van der Waals surface area (Å²) in [6.07, 6.45) is -0.629. The van der Waals surface area contributed by atoms with Gasteiger partial charge in [-0.05, 0) is 49.8 Å². The molecule has 28 heavy (non-hydrogen) atoms. The summed E-state index contributed by atoms with van der Waals surface area (Å²) < 4.78 is 38.0. The van der Waals surface area contributed by atoms with E-state index in [1.54, 1.807) is 11.3 Å². The highest BCUT2D eigenvalue weighted by Crippen LogP contribution is 2.38. The van der Waals surface area contributed by atoms with Crippen molar-refractivity contribution in [2.75, 3.05) is 0 Å². The maximum absolute atomic E-state index is 12.7. The van der Waals surface area contributed by atoms with Gasteiger partial charge in [-0.15, -0.1) is 11.3 Å². The molecule has 1 N–H and O–H groups in total. The van der Waals surface area contributed by atoms with Gasteiger partial charge < -0.3 is 4.98 Å². The number of aryl methyl sites for hydroxylation is 1. The Morgan fingerprint density at radius 3 is 2.82 bits per heavy atom. The van der Waals surface area contributed by atoms with Gasteiger partial charge in [0.25, 0.3) is 5.56 Å². The Bertz CT molecular complexity index is 1070. The summed E-state index contributed by atoms with van der Waals surface area (Å²) in [4.78, 5) is 26.1. The molecule has 0 saturated heterocycles. The van der Waals surface area contributed by atoms with Crippen LogP contribution in [0.4, 0.5) is 13.2 Å². The molecule has 3 aromatic rings. The van der Waals surface area contributed by atoms with Crippen LogP contribution < -0.4 is 5.56 Å². The molecule has 0 radical (unpaired) electrons. The van der Waals surface area contributed by atoms with Crippen LogP contribution in [0, 0.1) is 5.92 Å². The number of H-pyrrole nitrogens is 1. The first-order valence-corrected chi connectivity index (χ1v) is 10.7. The Morgan fingerprint density at radius 1 is 1.36 bits per heavy atom. The van der Waals surface area contributed by atoms with E-state index in [-0.39, 0.29) is 10.8 Å². The van der Waals surface area contributed by atoms with E-state index in [2.05, 4.69) is 21.9 Å². The van der Waals surface area contributed by atoms with Gasteiger partial charge in [-0.2, -0.15) is 13.2 Å². The molecule has 3 aromatic heterocycles. The van der Waals surface area contributed by atoms with Gasteiger partial charge >= 0.3 is 6.18 Å². The zero-order valence-electron chi connectivity index (χ0n) is 15.3. The van der Waals surface area contributed by atoms with Crippen LogP contribution in [0.5, 0.6) is 0 Å². The lowest BCUT2D eigenvalue weighted by atomic mass is 9.89. The maximum Gasteiger partial charge on any atom is 0.417 e. The molecule has 0 fully saturated rings. The zero-order valence-corrected chi connectivity index (χ0v) is 16.9. The quantitative estimate of drug-likeness (QED) is 0.573. The molecule has 0 bridgehead atoms. The highest BCUT2D eigenvalue weighted by Gasteiger charge is 2.31. The van der Waals surface area contributed by atoms with E-state index >= 15 is 0 Å². The first kappa shape index (κ1) is 19.4. The van der Waals surface area contributed by atoms with Gasteiger partial charge in [0, 0.05) is 11.1 Å². The van der Waals surface area contributed by atoms with Gasteiger partial charge in [-0.1, -0.05) is 18.7 Å². The summed E-state index contributed by atoms with van der Waals surface area (Å²) in [5, 5.41) is 0.891. The Morgan fingerprint density at radius 2 is 2.14 bits per heavy atom. The van der Waals surface area contributed by atoms with Crippen LogP contribution >= 0.6 is 23.1 Å². The van der Waals surface area contributed by atoms with Crippen molar-refractivity contribution in [1.82, 2.24) is 15.0 Å². The molecule has 2 unspecified atom stereocenters. The fourth-order valence-electron chi connectivity index (χ4n) is 3.41. The number of aromatic nitrogens is 3. The second-order valence-electron chi connectivity index (χ2n) is 7.13. The number of thiophene rings is 1. The first-order valence-electron chi connectivity index (χ1n) is 8.96. The lowest BCUT2D eigenvalue weighted by Crippen LogP contribution is -2.15. The summed E-state index contributed by atoms with van der Waals surface area (Å²) >= 11 is 2.84. The fourth-order valence-corrected chi connectivity index (χ4v) is 5.65. The molecule has 1 aliphatic rings. The van der Waals surface area contributed by atoms with Crippen molar-refractivity contribution in [3.8, 4) is 0 Å². The summed E-state index contributed by atoms with van der Waals surface area (Å²) in [5.74, 6) is 1.12. The van der Waals surface area contributed by atoms with Crippen LogP contribution in [-0.4, -0.2) is 15.0 Å². The van der Waals surface area contributed by atoms with Gasteiger partial charge in [0.1, 0.15) is 10.7 Å². The molecule has 9 heteroatoms. The number of fused-ring (bicyclic) bond motifs is 3. The van der Waals surface area contributed by atoms with Crippen molar-refractivity contribution in [3.05, 3.63) is 50.5 Å². The summed E-state index contributed by atoms with van der Waals surface area (Å²) in [6.45, 7) is 4.07. The van der Waals surface area contributed by atoms with Crippen LogP contribution in [0.2, 0.25) is 0 Å². The minimum atomic E-state index is -4.41. The number of halogens is 3. The van der Waals surface area contributed by atoms with Gasteiger partial charge in [-0.25, -0.2) is 9.97 Å². The Labute approximate surface area is 167 Å². The second kappa shape index (κ2) is 7.18. The molecule has 4 nitrogen and oxygen atoms in total. The third kappa shape index (κ3) is 3.69. The number of hydrogen-bond acceptors (Lipinski definition) is 5. The highest BCUT2D eigenvalue weighted by molar-refractivity contribution is 7.99. The SMILES string of the molecule is CC1CCc2c(sc3nc(C(C)Sc4ccc(C(F)(F)F)cn4)[nH]c(=O)c23)C1. The smallest absolute Gasteiger partial charge is 0.309 e. The minimum absolute atomic E-state index is 0.139. The van der Waals surface area contributed by atoms with Crippen molar-refractivity contribution in [1.29, 1.82) is 0 Å². The fraction of sp³-hybridized carbons (Fsp3) is 0.421. The molecule has 0 saturated carbocycles. The topological polar surface area (TPSA) is 58.6 Å². The van der Waals surface area contributed by atoms with Crippen LogP contribution in [0.25, 0.3) is 10.2 Å². The second-order valence-corrected chi connectivity index (χ2v) is 9.57. The van der Waals surface area contributed by atoms with Crippen molar-refractivity contribution >= 4 is 33.3 Å². The molecule has 1 aliphatic carbocycles. The van der Waals surface area contributed by atoms with Gasteiger partial charge in [0.15, 0.2) is 0 Å². The van der Waals surface area contributed by atoms with Crippen molar-refractivity contribution < 1.29 is 13.2 Å². The van der Waals surface area contributed by atoms with Crippen LogP contribution in [0.3, 0.4) is 0 Å². The largest absolute Gasteiger partial charge is 0.417 e. The van der Waals surface area contributed by atoms with Crippen LogP contribution in [0.1, 0.15) is 47.3 Å². The summed E-state index contributed by atoms with van der Waals surface area (Å²) in [6, 6.07) is 2.35. The molecule has 2 atom stereocenters. The molecule has 0 spiro atoms. The number of aromatic amines is 1. The first-order chi connectivity index (χ1) is 13.2. The monoisotopic (exact) mass is 425 g/mol. The predicted octanol–water partition coefficient (Wildman–Crippen LogP) is 5.38. The van der Waals surface area contributed by atoms with Crippen LogP contribution in [0.15, 0.2) is 28.2 Å². The average molecular weight is 426 g/mol. The third-order valence-electron chi connectivity index (χ3n) is 4.93. The number of thioether (sulfide) groups is 1. The molecule has 0 aromatic carbocycles. The lowest BCUT2D eigenvalue weighted by Gasteiger charge is -2.17. The van der Waals surface area contributed by atoms with E-state index in [0.717, 1.165) is 41.9 Å². The summed E-state index contributed by atoms with van der Waals surface area (Å²) in [5.41, 5.74) is 0.207. The number of hydrogen-bond donors (Lipinski definition) is 1. The molecule has 3 heterocycles. The maximum atomic E-state index is 12.7. The van der Waals surface area contributed by atoms with E-state index in [0.29, 0.717) is 22.2 Å². The Kier molecular flexibility index (Phi) is 4.99. The molecule has 0 aliphatic heterocycles. The number of alkyl halides is 3. The summed E-state index contributed by atoms with van der Waals surface area (Å²) in [7, 11) is 0. The predicted molar refractivity (Wildman–Crippen MR) is 105 cm³/mol. The molecular formula is C19H18F3N3OS2. The Hall–Kier alpha value is -1.87. The van der Waals surface area contributed by atoms with Crippen LogP contribution in [-0.2, 0) is 19.0 Å². The minimum Gasteiger partial charge on any atom is -0.309 e. The molecule has 0 amide bonds. The lowest BCUT2D eigenvalue weighted by molar-refractivity contribution is -0.137. The van der Waals surface area contributed by atoms with E-state index in [9.17, 15) is 18.0 Å². The molecule has 148 valence electrons. The third-order valence-corrected chi connectivity index (χ3v) is 7.14. The number of nitrogens with one attached hydrogen (secondary N) is 1. The van der Waals surface area contributed by atoms with Gasteiger partial charge in [0.2, 0.25) is 0 Å². The standard InChI is InChI=1S/C19H18F3N3OS2/c1-9-3-5-12-13(7-9)28-18-15(12)17(26)24-16(25-18)10(2)27-14-6-4-11(8-23-14)19(20,21)22/h4,6,8-10H,3,5,7H2,1-2H3,(H,24,25,26). The van der Waals surface area contributed by atoms with E-state index in [1.807, 2.05) is 6.92 Å². The van der Waals surface area contributed by atoms with Gasteiger partial charge in [0.05, 0.1) is 21.2 Å². The van der Waals surface area contributed by atoms with Crippen molar-refractivity contribution in [2.24, 2.45) is 5.92 Å². The number of pyridine rings is 1. The molecular weight excluding hydrogens is 407 g/mol.